The molecule has 0 saturated carbocycles. The number of esters is 1. The van der Waals surface area contributed by atoms with E-state index in [1.54, 1.807) is 13.8 Å². The summed E-state index contributed by atoms with van der Waals surface area (Å²) >= 11 is 3.13. The van der Waals surface area contributed by atoms with Gasteiger partial charge in [-0.3, -0.25) is 4.79 Å². The van der Waals surface area contributed by atoms with Crippen LogP contribution < -0.4 is 5.32 Å². The van der Waals surface area contributed by atoms with Gasteiger partial charge in [-0.1, -0.05) is 15.9 Å². The molecule has 0 radical (unpaired) electrons. The normalized spacial score (nSPS) is 13.8. The van der Waals surface area contributed by atoms with Crippen molar-refractivity contribution in [1.29, 1.82) is 0 Å². The van der Waals surface area contributed by atoms with Crippen molar-refractivity contribution < 1.29 is 17.9 Å². The molecule has 0 heterocycles. The molecule has 16 heavy (non-hydrogen) atoms. The first-order valence-electron chi connectivity index (χ1n) is 4.95. The summed E-state index contributed by atoms with van der Waals surface area (Å²) in [5.74, 6) is -0.301. The molecule has 0 saturated heterocycles. The Bertz CT molecular complexity index is 315. The molecule has 0 amide bonds. The minimum Gasteiger partial charge on any atom is -0.468 e. The van der Waals surface area contributed by atoms with Crippen LogP contribution in [0.4, 0.5) is 0 Å². The fourth-order valence-corrected chi connectivity index (χ4v) is 2.21. The van der Waals surface area contributed by atoms with E-state index in [-0.39, 0.29) is 17.0 Å². The van der Waals surface area contributed by atoms with Crippen LogP contribution in [0.1, 0.15) is 13.8 Å². The summed E-state index contributed by atoms with van der Waals surface area (Å²) in [7, 11) is -1.71. The molecule has 0 aromatic heterocycles. The first kappa shape index (κ1) is 15.9. The summed E-state index contributed by atoms with van der Waals surface area (Å²) in [6.45, 7) is 3.98. The lowest BCUT2D eigenvalue weighted by Gasteiger charge is -2.10. The summed E-state index contributed by atoms with van der Waals surface area (Å²) in [5, 5.41) is 2.52. The highest BCUT2D eigenvalue weighted by atomic mass is 79.9. The van der Waals surface area contributed by atoms with Crippen LogP contribution >= 0.6 is 15.9 Å². The van der Waals surface area contributed by atoms with Crippen molar-refractivity contribution in [2.45, 2.75) is 23.9 Å². The highest BCUT2D eigenvalue weighted by molar-refractivity contribution is 9.10. The number of sulfone groups is 1. The largest absolute Gasteiger partial charge is 0.468 e. The number of hydrogen-bond donors (Lipinski definition) is 1. The first-order valence-corrected chi connectivity index (χ1v) is 7.58. The maximum atomic E-state index is 11.4. The Labute approximate surface area is 105 Å². The molecule has 1 N–H and O–H groups in total. The molecule has 5 nitrogen and oxygen atoms in total. The number of hydrogen-bond acceptors (Lipinski definition) is 5. The van der Waals surface area contributed by atoms with Gasteiger partial charge in [-0.15, -0.1) is 0 Å². The van der Waals surface area contributed by atoms with Crippen molar-refractivity contribution in [2.75, 3.05) is 26.0 Å². The van der Waals surface area contributed by atoms with Crippen molar-refractivity contribution in [2.24, 2.45) is 0 Å². The van der Waals surface area contributed by atoms with Gasteiger partial charge < -0.3 is 10.1 Å². The van der Waals surface area contributed by atoms with E-state index in [0.717, 1.165) is 0 Å². The summed E-state index contributed by atoms with van der Waals surface area (Å²) in [4.78, 5) is 10.5. The summed E-state index contributed by atoms with van der Waals surface area (Å²) in [6, 6.07) is 0. The molecule has 0 aliphatic rings. The quantitative estimate of drug-likeness (QED) is 0.416. The first-order chi connectivity index (χ1) is 7.31. The molecule has 1 atom stereocenters. The van der Waals surface area contributed by atoms with Gasteiger partial charge in [-0.2, -0.15) is 0 Å². The van der Waals surface area contributed by atoms with Gasteiger partial charge in [0.25, 0.3) is 0 Å². The average Bonchev–Trinajstić information content (AvgIpc) is 2.22. The predicted molar refractivity (Wildman–Crippen MR) is 66.5 cm³/mol. The zero-order chi connectivity index (χ0) is 12.8. The van der Waals surface area contributed by atoms with E-state index in [1.807, 2.05) is 0 Å². The number of carbonyl (C=O) groups is 1. The van der Waals surface area contributed by atoms with Crippen LogP contribution in [0.5, 0.6) is 0 Å². The Kier molecular flexibility index (Phi) is 7.17. The van der Waals surface area contributed by atoms with Crippen LogP contribution in [0.25, 0.3) is 0 Å². The Balaban J connectivity index is 3.81. The van der Waals surface area contributed by atoms with E-state index in [1.165, 1.54) is 7.11 Å². The van der Waals surface area contributed by atoms with Crippen molar-refractivity contribution in [3.63, 3.8) is 0 Å². The maximum absolute atomic E-state index is 11.4. The van der Waals surface area contributed by atoms with Gasteiger partial charge in [-0.25, -0.2) is 8.42 Å². The van der Waals surface area contributed by atoms with Gasteiger partial charge in [-0.05, 0) is 13.8 Å². The number of methoxy groups -OCH3 is 1. The van der Waals surface area contributed by atoms with Crippen molar-refractivity contribution in [3.05, 3.63) is 0 Å². The third-order valence-corrected chi connectivity index (χ3v) is 4.97. The van der Waals surface area contributed by atoms with E-state index in [4.69, 9.17) is 0 Å². The zero-order valence-electron chi connectivity index (χ0n) is 9.70. The summed E-state index contributed by atoms with van der Waals surface area (Å²) < 4.78 is 27.3. The highest BCUT2D eigenvalue weighted by Crippen LogP contribution is 2.01. The fraction of sp³-hybridized carbons (Fsp3) is 0.889. The minimum atomic E-state index is -3.02. The highest BCUT2D eigenvalue weighted by Gasteiger charge is 2.17. The Morgan fingerprint density at radius 2 is 2.00 bits per heavy atom. The minimum absolute atomic E-state index is 0.0750. The van der Waals surface area contributed by atoms with Gasteiger partial charge in [0.2, 0.25) is 0 Å². The van der Waals surface area contributed by atoms with Gasteiger partial charge in [0.05, 0.1) is 18.1 Å². The molecule has 0 bridgehead atoms. The van der Waals surface area contributed by atoms with Crippen LogP contribution in [-0.4, -0.2) is 50.4 Å². The molecular weight excluding hydrogens is 298 g/mol. The maximum Gasteiger partial charge on any atom is 0.320 e. The van der Waals surface area contributed by atoms with E-state index >= 15 is 0 Å². The summed E-state index contributed by atoms with van der Waals surface area (Å²) in [6.07, 6.45) is 0. The topological polar surface area (TPSA) is 72.5 Å². The van der Waals surface area contributed by atoms with Crippen molar-refractivity contribution in [1.82, 2.24) is 5.32 Å². The Morgan fingerprint density at radius 3 is 2.44 bits per heavy atom. The molecule has 7 heteroatoms. The fourth-order valence-electron chi connectivity index (χ4n) is 0.890. The van der Waals surface area contributed by atoms with Crippen LogP contribution in [0.3, 0.4) is 0 Å². The SMILES string of the molecule is COC(=O)C(Br)CNCCS(=O)(=O)C(C)C. The zero-order valence-corrected chi connectivity index (χ0v) is 12.1. The molecule has 0 fully saturated rings. The second-order valence-electron chi connectivity index (χ2n) is 3.61. The van der Waals surface area contributed by atoms with E-state index < -0.39 is 14.7 Å². The second kappa shape index (κ2) is 7.24. The monoisotopic (exact) mass is 315 g/mol. The number of alkyl halides is 1. The second-order valence-corrected chi connectivity index (χ2v) is 7.39. The van der Waals surface area contributed by atoms with Gasteiger partial charge in [0.1, 0.15) is 4.83 Å². The van der Waals surface area contributed by atoms with Crippen LogP contribution in [0.15, 0.2) is 0 Å². The van der Waals surface area contributed by atoms with Crippen molar-refractivity contribution >= 4 is 31.7 Å². The molecular formula is C9H18BrNO4S. The number of halogens is 1. The average molecular weight is 316 g/mol. The smallest absolute Gasteiger partial charge is 0.320 e. The van der Waals surface area contributed by atoms with E-state index in [0.29, 0.717) is 13.1 Å². The lowest BCUT2D eigenvalue weighted by atomic mass is 10.4. The van der Waals surface area contributed by atoms with Crippen molar-refractivity contribution in [3.8, 4) is 0 Å². The number of nitrogens with one attached hydrogen (secondary N) is 1. The van der Waals surface area contributed by atoms with Gasteiger partial charge >= 0.3 is 5.97 Å². The molecule has 0 aliphatic heterocycles. The number of carbonyl (C=O) groups excluding carboxylic acids is 1. The standard InChI is InChI=1S/C9H18BrNO4S/c1-7(2)16(13,14)5-4-11-6-8(10)9(12)15-3/h7-8,11H,4-6H2,1-3H3. The Morgan fingerprint density at radius 1 is 1.44 bits per heavy atom. The third kappa shape index (κ3) is 5.81. The lowest BCUT2D eigenvalue weighted by Crippen LogP contribution is -2.34. The Hall–Kier alpha value is -0.140. The third-order valence-electron chi connectivity index (χ3n) is 2.06. The van der Waals surface area contributed by atoms with Gasteiger partial charge in [0, 0.05) is 13.1 Å². The van der Waals surface area contributed by atoms with Crippen LogP contribution in [0.2, 0.25) is 0 Å². The number of rotatable bonds is 7. The van der Waals surface area contributed by atoms with Gasteiger partial charge in [0.15, 0.2) is 9.84 Å². The van der Waals surface area contributed by atoms with E-state index in [2.05, 4.69) is 26.0 Å². The molecule has 0 aromatic carbocycles. The molecule has 1 unspecified atom stereocenters. The van der Waals surface area contributed by atoms with E-state index in [9.17, 15) is 13.2 Å². The molecule has 0 aliphatic carbocycles. The molecule has 0 spiro atoms. The predicted octanol–water partition coefficient (Wildman–Crippen LogP) is 0.336. The van der Waals surface area contributed by atoms with Crippen LogP contribution in [-0.2, 0) is 19.4 Å². The summed E-state index contributed by atoms with van der Waals surface area (Å²) in [5.41, 5.74) is 0. The van der Waals surface area contributed by atoms with Crippen LogP contribution in [0, 0.1) is 0 Å². The molecule has 0 rings (SSSR count). The molecule has 96 valence electrons. The lowest BCUT2D eigenvalue weighted by molar-refractivity contribution is -0.139. The molecule has 0 aromatic rings. The number of ether oxygens (including phenoxy) is 1.